The van der Waals surface area contributed by atoms with Gasteiger partial charge in [-0.05, 0) is 48.4 Å². The van der Waals surface area contributed by atoms with E-state index in [0.29, 0.717) is 10.6 Å². The summed E-state index contributed by atoms with van der Waals surface area (Å²) in [5, 5.41) is 0.352. The summed E-state index contributed by atoms with van der Waals surface area (Å²) in [6.07, 6.45) is -3.37. The molecule has 0 radical (unpaired) electrons. The lowest BCUT2D eigenvalue weighted by atomic mass is 9.95. The number of aromatic nitrogens is 1. The Bertz CT molecular complexity index is 1510. The lowest BCUT2D eigenvalue weighted by Crippen LogP contribution is -2.41. The molecule has 6 nitrogen and oxygen atoms in total. The SMILES string of the molecule is CCOC(=O)C1=C(C(F)(F)F)N=c2s/c(=C\c3ccc(N(C)C)cc3)c(=O)n2[C@H]1c1ccc(Cl)cc1. The number of carbonyl (C=O) groups excluding carboxylic acids is 1. The van der Waals surface area contributed by atoms with Crippen LogP contribution in [0, 0.1) is 0 Å². The highest BCUT2D eigenvalue weighted by molar-refractivity contribution is 7.07. The van der Waals surface area contributed by atoms with E-state index in [1.54, 1.807) is 18.2 Å². The minimum absolute atomic E-state index is 0.145. The normalized spacial score (nSPS) is 16.0. The molecule has 3 aromatic rings. The first-order valence-electron chi connectivity index (χ1n) is 10.8. The maximum absolute atomic E-state index is 14.1. The average Bonchev–Trinajstić information content (AvgIpc) is 3.13. The summed E-state index contributed by atoms with van der Waals surface area (Å²) in [4.78, 5) is 31.8. The van der Waals surface area contributed by atoms with Crippen molar-refractivity contribution in [3.63, 3.8) is 0 Å². The second-order valence-electron chi connectivity index (χ2n) is 8.10. The molecule has 0 fully saturated rings. The molecule has 11 heteroatoms. The highest BCUT2D eigenvalue weighted by Gasteiger charge is 2.45. The zero-order valence-corrected chi connectivity index (χ0v) is 21.0. The van der Waals surface area contributed by atoms with Crippen LogP contribution in [0.5, 0.6) is 0 Å². The molecule has 1 aliphatic rings. The number of hydrogen-bond acceptors (Lipinski definition) is 6. The van der Waals surface area contributed by atoms with E-state index >= 15 is 0 Å². The second-order valence-corrected chi connectivity index (χ2v) is 9.55. The zero-order valence-electron chi connectivity index (χ0n) is 19.5. The highest BCUT2D eigenvalue weighted by Crippen LogP contribution is 2.38. The molecule has 1 aliphatic heterocycles. The third kappa shape index (κ3) is 4.96. The summed E-state index contributed by atoms with van der Waals surface area (Å²) in [5.74, 6) is -1.19. The number of nitrogens with zero attached hydrogens (tertiary/aromatic N) is 3. The molecule has 0 unspecified atom stereocenters. The smallest absolute Gasteiger partial charge is 0.434 e. The van der Waals surface area contributed by atoms with E-state index in [4.69, 9.17) is 16.3 Å². The molecule has 4 rings (SSSR count). The molecule has 1 aromatic heterocycles. The van der Waals surface area contributed by atoms with Gasteiger partial charge >= 0.3 is 12.1 Å². The van der Waals surface area contributed by atoms with Crippen molar-refractivity contribution in [1.82, 2.24) is 4.57 Å². The molecule has 0 saturated carbocycles. The Hall–Kier alpha value is -3.37. The number of ether oxygens (including phenoxy) is 1. The standard InChI is InChI=1S/C25H21ClF3N3O3S/c1-4-35-23(34)19-20(15-7-9-16(26)10-8-15)32-22(33)18(36-24(32)30-21(19)25(27,28)29)13-14-5-11-17(12-6-14)31(2)3/h5-13,20H,4H2,1-3H3/b18-13-/t20-/m0/s1. The first-order chi connectivity index (χ1) is 17.0. The lowest BCUT2D eigenvalue weighted by Gasteiger charge is -2.26. The highest BCUT2D eigenvalue weighted by atomic mass is 35.5. The Morgan fingerprint density at radius 3 is 2.36 bits per heavy atom. The van der Waals surface area contributed by atoms with E-state index in [1.807, 2.05) is 31.1 Å². The number of fused-ring (bicyclic) bond motifs is 1. The molecule has 0 aliphatic carbocycles. The Labute approximate surface area is 213 Å². The Morgan fingerprint density at radius 1 is 1.17 bits per heavy atom. The van der Waals surface area contributed by atoms with Crippen LogP contribution in [0.1, 0.15) is 24.1 Å². The van der Waals surface area contributed by atoms with E-state index in [1.165, 1.54) is 31.2 Å². The van der Waals surface area contributed by atoms with Gasteiger partial charge in [-0.2, -0.15) is 13.2 Å². The molecule has 0 spiro atoms. The lowest BCUT2D eigenvalue weighted by molar-refractivity contribution is -0.140. The minimum atomic E-state index is -4.95. The van der Waals surface area contributed by atoms with E-state index in [9.17, 15) is 22.8 Å². The van der Waals surface area contributed by atoms with Gasteiger partial charge in [0.05, 0.1) is 22.8 Å². The van der Waals surface area contributed by atoms with Crippen LogP contribution in [0.3, 0.4) is 0 Å². The van der Waals surface area contributed by atoms with Crippen molar-refractivity contribution in [3.05, 3.63) is 95.6 Å². The van der Waals surface area contributed by atoms with Crippen molar-refractivity contribution in [2.24, 2.45) is 4.99 Å². The predicted octanol–water partition coefficient (Wildman–Crippen LogP) is 4.06. The van der Waals surface area contributed by atoms with E-state index in [2.05, 4.69) is 4.99 Å². The van der Waals surface area contributed by atoms with Gasteiger partial charge in [-0.25, -0.2) is 9.79 Å². The molecule has 36 heavy (non-hydrogen) atoms. The summed E-state index contributed by atoms with van der Waals surface area (Å²) in [5.41, 5.74) is -0.801. The van der Waals surface area contributed by atoms with Crippen molar-refractivity contribution in [2.45, 2.75) is 19.1 Å². The first kappa shape index (κ1) is 25.7. The van der Waals surface area contributed by atoms with Crippen molar-refractivity contribution in [1.29, 1.82) is 0 Å². The summed E-state index contributed by atoms with van der Waals surface area (Å²) in [7, 11) is 3.78. The Balaban J connectivity index is 1.99. The van der Waals surface area contributed by atoms with E-state index in [-0.39, 0.29) is 21.5 Å². The van der Waals surface area contributed by atoms with Crippen LogP contribution in [-0.4, -0.2) is 37.4 Å². The van der Waals surface area contributed by atoms with Crippen molar-refractivity contribution < 1.29 is 22.7 Å². The van der Waals surface area contributed by atoms with Crippen molar-refractivity contribution >= 4 is 40.7 Å². The third-order valence-electron chi connectivity index (χ3n) is 5.49. The summed E-state index contributed by atoms with van der Waals surface area (Å²) >= 11 is 6.80. The van der Waals surface area contributed by atoms with Gasteiger partial charge < -0.3 is 9.64 Å². The van der Waals surface area contributed by atoms with Crippen LogP contribution in [0.4, 0.5) is 18.9 Å². The first-order valence-corrected chi connectivity index (χ1v) is 12.0. The third-order valence-corrected chi connectivity index (χ3v) is 6.72. The number of anilines is 1. The second kappa shape index (κ2) is 9.94. The molecule has 2 aromatic carbocycles. The van der Waals surface area contributed by atoms with Crippen LogP contribution in [-0.2, 0) is 9.53 Å². The van der Waals surface area contributed by atoms with Gasteiger partial charge in [-0.3, -0.25) is 9.36 Å². The zero-order chi connectivity index (χ0) is 26.2. The topological polar surface area (TPSA) is 63.9 Å². The van der Waals surface area contributed by atoms with Gasteiger partial charge in [0.25, 0.3) is 5.56 Å². The number of thiazole rings is 1. The van der Waals surface area contributed by atoms with Crippen LogP contribution in [0.25, 0.3) is 6.08 Å². The molecule has 1 atom stereocenters. The fourth-order valence-corrected chi connectivity index (χ4v) is 4.95. The van der Waals surface area contributed by atoms with Gasteiger partial charge in [0, 0.05) is 24.8 Å². The maximum Gasteiger partial charge on any atom is 0.434 e. The van der Waals surface area contributed by atoms with Crippen LogP contribution in [0.15, 0.2) is 69.6 Å². The Morgan fingerprint density at radius 2 is 1.81 bits per heavy atom. The number of allylic oxidation sites excluding steroid dienone is 1. The molecule has 0 N–H and O–H groups in total. The fourth-order valence-electron chi connectivity index (χ4n) is 3.82. The number of benzene rings is 2. The number of hydrogen-bond donors (Lipinski definition) is 0. The van der Waals surface area contributed by atoms with E-state index < -0.39 is 35.0 Å². The summed E-state index contributed by atoms with van der Waals surface area (Å²) < 4.78 is 48.6. The molecular formula is C25H21ClF3N3O3S. The minimum Gasteiger partial charge on any atom is -0.463 e. The number of alkyl halides is 3. The van der Waals surface area contributed by atoms with Gasteiger partial charge in [0.15, 0.2) is 10.5 Å². The van der Waals surface area contributed by atoms with Crippen LogP contribution >= 0.6 is 22.9 Å². The van der Waals surface area contributed by atoms with Gasteiger partial charge in [-0.15, -0.1) is 0 Å². The molecule has 0 bridgehead atoms. The maximum atomic E-state index is 14.1. The van der Waals surface area contributed by atoms with E-state index in [0.717, 1.165) is 21.6 Å². The predicted molar refractivity (Wildman–Crippen MR) is 133 cm³/mol. The Kier molecular flexibility index (Phi) is 7.10. The van der Waals surface area contributed by atoms with Gasteiger partial charge in [-0.1, -0.05) is 47.2 Å². The fraction of sp³-hybridized carbons (Fsp3) is 0.240. The molecule has 0 amide bonds. The molecular weight excluding hydrogens is 515 g/mol. The largest absolute Gasteiger partial charge is 0.463 e. The quantitative estimate of drug-likeness (QED) is 0.462. The van der Waals surface area contributed by atoms with Crippen molar-refractivity contribution in [2.75, 3.05) is 25.6 Å². The number of carbonyl (C=O) groups is 1. The number of rotatable bonds is 5. The summed E-state index contributed by atoms with van der Waals surface area (Å²) in [6.45, 7) is 1.34. The molecule has 2 heterocycles. The number of halogens is 4. The molecule has 0 saturated heterocycles. The van der Waals surface area contributed by atoms with Crippen LogP contribution in [0.2, 0.25) is 5.02 Å². The van der Waals surface area contributed by atoms with Crippen molar-refractivity contribution in [3.8, 4) is 0 Å². The summed E-state index contributed by atoms with van der Waals surface area (Å²) in [6, 6.07) is 11.8. The van der Waals surface area contributed by atoms with Gasteiger partial charge in [0.1, 0.15) is 0 Å². The number of esters is 1. The molecule has 188 valence electrons. The van der Waals surface area contributed by atoms with Crippen LogP contribution < -0.4 is 19.8 Å². The average molecular weight is 536 g/mol. The monoisotopic (exact) mass is 535 g/mol. The van der Waals surface area contributed by atoms with Gasteiger partial charge in [0.2, 0.25) is 0 Å².